The molecule has 0 atom stereocenters. The van der Waals surface area contributed by atoms with E-state index >= 15 is 0 Å². The normalized spacial score (nSPS) is 10.5. The first-order valence-electron chi connectivity index (χ1n) is 4.92. The van der Waals surface area contributed by atoms with Crippen LogP contribution < -0.4 is 0 Å². The lowest BCUT2D eigenvalue weighted by Crippen LogP contribution is -2.03. The lowest BCUT2D eigenvalue weighted by molar-refractivity contribution is 0.0690. The van der Waals surface area contributed by atoms with E-state index in [1.54, 1.807) is 10.7 Å². The first-order valence-corrected chi connectivity index (χ1v) is 5.30. The fourth-order valence-corrected chi connectivity index (χ4v) is 1.63. The highest BCUT2D eigenvalue weighted by molar-refractivity contribution is 6.31. The number of rotatable bonds is 2. The fourth-order valence-electron chi connectivity index (χ4n) is 1.51. The summed E-state index contributed by atoms with van der Waals surface area (Å²) in [6, 6.07) is 3.08. The zero-order valence-corrected chi connectivity index (χ0v) is 10.1. The summed E-state index contributed by atoms with van der Waals surface area (Å²) in [4.78, 5) is 14.5. The summed E-state index contributed by atoms with van der Waals surface area (Å²) >= 11 is 6.03. The second-order valence-electron chi connectivity index (χ2n) is 3.60. The van der Waals surface area contributed by atoms with E-state index in [0.29, 0.717) is 10.7 Å². The van der Waals surface area contributed by atoms with Crippen molar-refractivity contribution in [3.8, 4) is 5.69 Å². The van der Waals surface area contributed by atoms with Crippen LogP contribution in [0.25, 0.3) is 5.69 Å². The van der Waals surface area contributed by atoms with E-state index in [1.165, 1.54) is 12.3 Å². The smallest absolute Gasteiger partial charge is 0.354 e. The van der Waals surface area contributed by atoms with Gasteiger partial charge in [0.15, 0.2) is 0 Å². The van der Waals surface area contributed by atoms with Crippen LogP contribution >= 0.6 is 11.6 Å². The number of aromatic nitrogens is 3. The molecular weight excluding hydrogens is 242 g/mol. The molecule has 0 unspecified atom stereocenters. The van der Waals surface area contributed by atoms with Crippen LogP contribution in [0.3, 0.4) is 0 Å². The second kappa shape index (κ2) is 4.18. The highest BCUT2D eigenvalue weighted by atomic mass is 35.5. The maximum Gasteiger partial charge on any atom is 0.354 e. The Bertz CT molecular complexity index is 575. The molecule has 0 spiro atoms. The Hall–Kier alpha value is -1.88. The summed E-state index contributed by atoms with van der Waals surface area (Å²) in [7, 11) is 0. The van der Waals surface area contributed by atoms with Crippen LogP contribution in [0.4, 0.5) is 0 Å². The largest absolute Gasteiger partial charge is 0.477 e. The van der Waals surface area contributed by atoms with Crippen molar-refractivity contribution in [3.05, 3.63) is 40.4 Å². The van der Waals surface area contributed by atoms with Crippen molar-refractivity contribution in [2.24, 2.45) is 0 Å². The Kier molecular flexibility index (Phi) is 2.85. The number of pyridine rings is 1. The molecule has 2 rings (SSSR count). The molecule has 0 saturated heterocycles. The number of aromatic carboxylic acids is 1. The number of carboxylic acids is 1. The van der Waals surface area contributed by atoms with Crippen molar-refractivity contribution >= 4 is 17.6 Å². The SMILES string of the molecule is Cc1nn(-c2ccc(C(=O)O)nc2)c(C)c1Cl. The molecule has 0 aliphatic rings. The molecule has 0 bridgehead atoms. The van der Waals surface area contributed by atoms with E-state index in [1.807, 2.05) is 13.8 Å². The molecule has 0 aliphatic heterocycles. The zero-order valence-electron chi connectivity index (χ0n) is 9.31. The van der Waals surface area contributed by atoms with E-state index in [0.717, 1.165) is 11.4 Å². The maximum absolute atomic E-state index is 10.7. The molecule has 0 aromatic carbocycles. The first-order chi connectivity index (χ1) is 8.00. The predicted octanol–water partition coefficient (Wildman–Crippen LogP) is 2.24. The van der Waals surface area contributed by atoms with Gasteiger partial charge in [0.2, 0.25) is 0 Å². The molecule has 2 aromatic heterocycles. The third-order valence-electron chi connectivity index (χ3n) is 2.41. The Balaban J connectivity index is 2.47. The molecule has 0 fully saturated rings. The van der Waals surface area contributed by atoms with Gasteiger partial charge in [0.05, 0.1) is 28.3 Å². The number of halogens is 1. The Morgan fingerprint density at radius 1 is 1.41 bits per heavy atom. The molecule has 0 aliphatic carbocycles. The molecular formula is C11H10ClN3O2. The molecule has 2 heterocycles. The average molecular weight is 252 g/mol. The number of nitrogens with zero attached hydrogens (tertiary/aromatic N) is 3. The van der Waals surface area contributed by atoms with Gasteiger partial charge in [-0.05, 0) is 26.0 Å². The monoisotopic (exact) mass is 251 g/mol. The summed E-state index contributed by atoms with van der Waals surface area (Å²) in [6.45, 7) is 3.65. The highest BCUT2D eigenvalue weighted by Crippen LogP contribution is 2.21. The third kappa shape index (κ3) is 2.01. The predicted molar refractivity (Wildman–Crippen MR) is 62.8 cm³/mol. The summed E-state index contributed by atoms with van der Waals surface area (Å²) in [5.41, 5.74) is 2.21. The van der Waals surface area contributed by atoms with Crippen molar-refractivity contribution in [2.75, 3.05) is 0 Å². The standard InChI is InChI=1S/C11H10ClN3O2/c1-6-10(12)7(2)15(14-6)8-3-4-9(11(16)17)13-5-8/h3-5H,1-2H3,(H,16,17). The summed E-state index contributed by atoms with van der Waals surface area (Å²) in [6.07, 6.45) is 1.46. The summed E-state index contributed by atoms with van der Waals surface area (Å²) < 4.78 is 1.64. The van der Waals surface area contributed by atoms with Crippen molar-refractivity contribution < 1.29 is 9.90 Å². The van der Waals surface area contributed by atoms with Gasteiger partial charge in [-0.25, -0.2) is 14.5 Å². The number of aryl methyl sites for hydroxylation is 1. The van der Waals surface area contributed by atoms with Crippen LogP contribution in [0.5, 0.6) is 0 Å². The molecule has 2 aromatic rings. The zero-order chi connectivity index (χ0) is 12.6. The van der Waals surface area contributed by atoms with Crippen LogP contribution in [-0.4, -0.2) is 25.8 Å². The third-order valence-corrected chi connectivity index (χ3v) is 2.96. The summed E-state index contributed by atoms with van der Waals surface area (Å²) in [5, 5.41) is 13.6. The van der Waals surface area contributed by atoms with E-state index in [2.05, 4.69) is 10.1 Å². The van der Waals surface area contributed by atoms with E-state index in [4.69, 9.17) is 16.7 Å². The molecule has 1 N–H and O–H groups in total. The van der Waals surface area contributed by atoms with Gasteiger partial charge in [-0.2, -0.15) is 5.10 Å². The molecule has 5 nitrogen and oxygen atoms in total. The Labute approximate surface area is 103 Å². The van der Waals surface area contributed by atoms with Gasteiger partial charge in [-0.15, -0.1) is 0 Å². The fraction of sp³-hybridized carbons (Fsp3) is 0.182. The van der Waals surface area contributed by atoms with E-state index < -0.39 is 5.97 Å². The van der Waals surface area contributed by atoms with Crippen LogP contribution in [0.2, 0.25) is 5.02 Å². The lowest BCUT2D eigenvalue weighted by atomic mass is 10.3. The topological polar surface area (TPSA) is 68.0 Å². The van der Waals surface area contributed by atoms with E-state index in [-0.39, 0.29) is 5.69 Å². The Morgan fingerprint density at radius 3 is 2.53 bits per heavy atom. The summed E-state index contributed by atoms with van der Waals surface area (Å²) in [5.74, 6) is -1.05. The van der Waals surface area contributed by atoms with Crippen LogP contribution in [0, 0.1) is 13.8 Å². The Morgan fingerprint density at radius 2 is 2.12 bits per heavy atom. The first kappa shape index (κ1) is 11.6. The minimum Gasteiger partial charge on any atom is -0.477 e. The van der Waals surface area contributed by atoms with Gasteiger partial charge in [0.1, 0.15) is 5.69 Å². The maximum atomic E-state index is 10.7. The highest BCUT2D eigenvalue weighted by Gasteiger charge is 2.11. The quantitative estimate of drug-likeness (QED) is 0.889. The van der Waals surface area contributed by atoms with Crippen molar-refractivity contribution in [2.45, 2.75) is 13.8 Å². The molecule has 0 saturated carbocycles. The van der Waals surface area contributed by atoms with Crippen molar-refractivity contribution in [3.63, 3.8) is 0 Å². The molecule has 88 valence electrons. The van der Waals surface area contributed by atoms with Gasteiger partial charge in [0.25, 0.3) is 0 Å². The van der Waals surface area contributed by atoms with Crippen LogP contribution in [-0.2, 0) is 0 Å². The van der Waals surface area contributed by atoms with Gasteiger partial charge in [0, 0.05) is 0 Å². The molecule has 17 heavy (non-hydrogen) atoms. The van der Waals surface area contributed by atoms with Gasteiger partial charge in [-0.1, -0.05) is 11.6 Å². The van der Waals surface area contributed by atoms with Gasteiger partial charge in [-0.3, -0.25) is 0 Å². The minimum atomic E-state index is -1.05. The van der Waals surface area contributed by atoms with Crippen LogP contribution in [0.15, 0.2) is 18.3 Å². The average Bonchev–Trinajstić information content (AvgIpc) is 2.57. The van der Waals surface area contributed by atoms with Gasteiger partial charge >= 0.3 is 5.97 Å². The molecule has 0 radical (unpaired) electrons. The van der Waals surface area contributed by atoms with Crippen molar-refractivity contribution in [1.29, 1.82) is 0 Å². The number of hydrogen-bond donors (Lipinski definition) is 1. The number of hydrogen-bond acceptors (Lipinski definition) is 3. The molecule has 0 amide bonds. The van der Waals surface area contributed by atoms with E-state index in [9.17, 15) is 4.79 Å². The van der Waals surface area contributed by atoms with Crippen molar-refractivity contribution in [1.82, 2.24) is 14.8 Å². The lowest BCUT2D eigenvalue weighted by Gasteiger charge is -2.03. The van der Waals surface area contributed by atoms with Gasteiger partial charge < -0.3 is 5.11 Å². The minimum absolute atomic E-state index is 0.00128. The molecule has 6 heteroatoms. The van der Waals surface area contributed by atoms with Crippen LogP contribution in [0.1, 0.15) is 21.9 Å². The second-order valence-corrected chi connectivity index (χ2v) is 3.98. The number of carboxylic acid groups (broad SMARTS) is 1. The number of carbonyl (C=O) groups is 1.